The molecule has 0 atom stereocenters. The SMILES string of the molecule is Brc1cccc(-c2nc(-c3ccccc3)cc(-c3ccccc3)n2)c1.CC1(C)OB(c2ccc(C3(c4ccccc4)c4ccccc4Oc4ccccc43)cc2)OC1(C)C.c1ccc(-c2cc(-c3ccccc3)nc(-c3cccc(-c4ccc(C5(c6ccccc6)c6ccccc6Oc6ccccc65)cc4)c3)n2)cc1. The van der Waals surface area contributed by atoms with Crippen molar-refractivity contribution in [3.05, 3.63) is 437 Å². The van der Waals surface area contributed by atoms with Crippen molar-refractivity contribution in [2.45, 2.75) is 49.7 Å². The summed E-state index contributed by atoms with van der Waals surface area (Å²) in [5, 5.41) is 0. The molecular weight excluding hydrogens is 1410 g/mol. The Labute approximate surface area is 651 Å². The Balaban J connectivity index is 0.000000128. The molecule has 0 unspecified atom stereocenters. The Morgan fingerprint density at radius 1 is 0.245 bits per heavy atom. The van der Waals surface area contributed by atoms with Gasteiger partial charge in [0.2, 0.25) is 0 Å². The zero-order chi connectivity index (χ0) is 74.7. The number of fused-ring (bicyclic) bond motifs is 4. The van der Waals surface area contributed by atoms with Gasteiger partial charge in [-0.25, -0.2) is 19.9 Å². The predicted octanol–water partition coefficient (Wildman–Crippen LogP) is 24.3. The quantitative estimate of drug-likeness (QED) is 0.112. The van der Waals surface area contributed by atoms with Gasteiger partial charge in [-0.3, -0.25) is 0 Å². The van der Waals surface area contributed by atoms with E-state index in [2.05, 4.69) is 304 Å². The van der Waals surface area contributed by atoms with Gasteiger partial charge < -0.3 is 18.8 Å². The van der Waals surface area contributed by atoms with Gasteiger partial charge in [-0.15, -0.1) is 0 Å². The number of para-hydroxylation sites is 4. The Kier molecular flexibility index (Phi) is 19.3. The lowest BCUT2D eigenvalue weighted by atomic mass is 9.63. The smallest absolute Gasteiger partial charge is 0.457 e. The van der Waals surface area contributed by atoms with Crippen LogP contribution in [0.25, 0.3) is 78.9 Å². The average Bonchev–Trinajstić information content (AvgIpc) is 1.35. The van der Waals surface area contributed by atoms with Crippen LogP contribution in [0.2, 0.25) is 0 Å². The number of halogens is 1. The zero-order valence-corrected chi connectivity index (χ0v) is 62.9. The van der Waals surface area contributed by atoms with Crippen LogP contribution in [0.1, 0.15) is 72.2 Å². The van der Waals surface area contributed by atoms with Crippen LogP contribution in [0, 0.1) is 0 Å². The molecule has 0 saturated carbocycles. The van der Waals surface area contributed by atoms with Crippen molar-refractivity contribution in [2.75, 3.05) is 0 Å². The molecule has 1 fully saturated rings. The lowest BCUT2D eigenvalue weighted by Crippen LogP contribution is -2.41. The third-order valence-electron chi connectivity index (χ3n) is 21.5. The highest BCUT2D eigenvalue weighted by Gasteiger charge is 2.52. The summed E-state index contributed by atoms with van der Waals surface area (Å²) in [5.74, 6) is 4.93. The second-order valence-corrected chi connectivity index (χ2v) is 29.6. The Bertz CT molecular complexity index is 5710. The molecular formula is C100H76BBrN4O4. The van der Waals surface area contributed by atoms with Crippen molar-refractivity contribution in [1.82, 2.24) is 19.9 Å². The Morgan fingerprint density at radius 3 is 0.882 bits per heavy atom. The van der Waals surface area contributed by atoms with E-state index in [1.807, 2.05) is 127 Å². The minimum absolute atomic E-state index is 0.375. The number of hydrogen-bond donors (Lipinski definition) is 0. The molecule has 0 aliphatic carbocycles. The molecule has 8 nitrogen and oxygen atoms in total. The lowest BCUT2D eigenvalue weighted by molar-refractivity contribution is 0.00578. The van der Waals surface area contributed by atoms with Crippen molar-refractivity contribution in [2.24, 2.45) is 0 Å². The molecule has 0 bridgehead atoms. The number of benzene rings is 14. The first-order valence-electron chi connectivity index (χ1n) is 37.2. The molecule has 0 amide bonds. The number of aromatic nitrogens is 4. The van der Waals surface area contributed by atoms with Crippen LogP contribution in [-0.2, 0) is 20.1 Å². The fourth-order valence-electron chi connectivity index (χ4n) is 15.4. The Hall–Kier alpha value is -12.7. The van der Waals surface area contributed by atoms with Crippen LogP contribution in [0.4, 0.5) is 0 Å². The summed E-state index contributed by atoms with van der Waals surface area (Å²) in [7, 11) is -0.393. The normalized spacial score (nSPS) is 14.2. The molecule has 530 valence electrons. The average molecular weight is 1490 g/mol. The van der Waals surface area contributed by atoms with E-state index in [1.165, 1.54) is 22.3 Å². The maximum atomic E-state index is 6.49. The van der Waals surface area contributed by atoms with Crippen molar-refractivity contribution >= 4 is 28.5 Å². The minimum Gasteiger partial charge on any atom is -0.457 e. The first-order valence-corrected chi connectivity index (χ1v) is 38.0. The fraction of sp³-hybridized carbons (Fsp3) is 0.0800. The van der Waals surface area contributed by atoms with Crippen LogP contribution in [0.5, 0.6) is 23.0 Å². The van der Waals surface area contributed by atoms with Crippen LogP contribution >= 0.6 is 15.9 Å². The van der Waals surface area contributed by atoms with Gasteiger partial charge in [0.15, 0.2) is 11.6 Å². The number of nitrogens with zero attached hydrogens (tertiary/aromatic N) is 4. The molecule has 5 heterocycles. The van der Waals surface area contributed by atoms with Gasteiger partial charge in [0, 0.05) is 60.1 Å². The highest BCUT2D eigenvalue weighted by molar-refractivity contribution is 9.10. The molecule has 0 N–H and O–H groups in total. The molecule has 0 spiro atoms. The fourth-order valence-corrected chi connectivity index (χ4v) is 15.8. The van der Waals surface area contributed by atoms with Crippen LogP contribution < -0.4 is 14.9 Å². The molecule has 3 aliphatic rings. The molecule has 3 aliphatic heterocycles. The van der Waals surface area contributed by atoms with E-state index in [1.54, 1.807) is 0 Å². The number of rotatable bonds is 12. The first-order chi connectivity index (χ1) is 53.9. The highest BCUT2D eigenvalue weighted by atomic mass is 79.9. The largest absolute Gasteiger partial charge is 0.494 e. The number of ether oxygens (including phenoxy) is 2. The van der Waals surface area contributed by atoms with Crippen LogP contribution in [-0.4, -0.2) is 38.3 Å². The topological polar surface area (TPSA) is 88.5 Å². The van der Waals surface area contributed by atoms with Gasteiger partial charge in [-0.2, -0.15) is 0 Å². The summed E-state index contributed by atoms with van der Waals surface area (Å²) in [6, 6.07) is 134. The van der Waals surface area contributed by atoms with Crippen molar-refractivity contribution in [3.63, 3.8) is 0 Å². The molecule has 14 aromatic carbocycles. The van der Waals surface area contributed by atoms with E-state index in [0.717, 1.165) is 128 Å². The molecule has 16 aromatic rings. The van der Waals surface area contributed by atoms with E-state index >= 15 is 0 Å². The van der Waals surface area contributed by atoms with Crippen molar-refractivity contribution in [1.29, 1.82) is 0 Å². The van der Waals surface area contributed by atoms with Gasteiger partial charge in [-0.1, -0.05) is 350 Å². The van der Waals surface area contributed by atoms with Crippen LogP contribution in [0.3, 0.4) is 0 Å². The standard InChI is InChI=1S/C47H32N2O.C31H29BO3.C22H15BrN2/c1-4-15-34(16-5-1)42-32-43(35-17-6-2-7-18-35)49-46(48-42)37-20-14-19-36(31-37)33-27-29-39(30-28-33)47(38-21-8-3-9-22-38)40-23-10-12-25-44(40)50-45-26-13-11-24-41(45)47;1-29(2)30(3,4)35-32(34-29)24-20-18-23(19-21-24)31(22-12-6-5-7-13-22)25-14-8-10-16-27(25)33-28-17-11-9-15-26(28)31;23-19-13-7-12-18(14-19)22-24-20(16-8-3-1-4-9-16)15-21(25-22)17-10-5-2-6-11-17/h1-32H;5-21H,1-4H3;1-15H. The van der Waals surface area contributed by atoms with E-state index in [0.29, 0.717) is 5.82 Å². The lowest BCUT2D eigenvalue weighted by Gasteiger charge is -2.41. The third-order valence-corrected chi connectivity index (χ3v) is 22.0. The second kappa shape index (κ2) is 30.2. The summed E-state index contributed by atoms with van der Waals surface area (Å²) >= 11 is 3.53. The molecule has 110 heavy (non-hydrogen) atoms. The van der Waals surface area contributed by atoms with E-state index in [4.69, 9.17) is 38.7 Å². The zero-order valence-electron chi connectivity index (χ0n) is 61.3. The summed E-state index contributed by atoms with van der Waals surface area (Å²) in [5.41, 5.74) is 20.6. The number of hydrogen-bond acceptors (Lipinski definition) is 8. The summed E-state index contributed by atoms with van der Waals surface area (Å²) in [6.45, 7) is 8.34. The maximum absolute atomic E-state index is 6.49. The van der Waals surface area contributed by atoms with Crippen molar-refractivity contribution in [3.8, 4) is 102 Å². The molecule has 2 aromatic heterocycles. The monoisotopic (exact) mass is 1490 g/mol. The Morgan fingerprint density at radius 2 is 0.527 bits per heavy atom. The van der Waals surface area contributed by atoms with Crippen molar-refractivity contribution < 1.29 is 18.8 Å². The minimum atomic E-state index is -0.549. The molecule has 1 saturated heterocycles. The van der Waals surface area contributed by atoms with Gasteiger partial charge in [-0.05, 0) is 121 Å². The molecule has 10 heteroatoms. The van der Waals surface area contributed by atoms with E-state index in [9.17, 15) is 0 Å². The van der Waals surface area contributed by atoms with Crippen LogP contribution in [0.15, 0.2) is 393 Å². The van der Waals surface area contributed by atoms with E-state index < -0.39 is 17.9 Å². The summed E-state index contributed by atoms with van der Waals surface area (Å²) < 4.78 is 26.5. The van der Waals surface area contributed by atoms with Gasteiger partial charge in [0.05, 0.1) is 44.8 Å². The second-order valence-electron chi connectivity index (χ2n) is 28.7. The van der Waals surface area contributed by atoms with Gasteiger partial charge in [0.25, 0.3) is 0 Å². The summed E-state index contributed by atoms with van der Waals surface area (Å²) in [6.07, 6.45) is 0. The maximum Gasteiger partial charge on any atom is 0.494 e. The third kappa shape index (κ3) is 13.5. The predicted molar refractivity (Wildman–Crippen MR) is 449 cm³/mol. The molecule has 0 radical (unpaired) electrons. The molecule has 19 rings (SSSR count). The van der Waals surface area contributed by atoms with Gasteiger partial charge in [0.1, 0.15) is 23.0 Å². The van der Waals surface area contributed by atoms with E-state index in [-0.39, 0.29) is 11.2 Å². The summed E-state index contributed by atoms with van der Waals surface area (Å²) in [4.78, 5) is 19.8. The van der Waals surface area contributed by atoms with Gasteiger partial charge >= 0.3 is 7.12 Å². The first kappa shape index (κ1) is 70.3. The highest BCUT2D eigenvalue weighted by Crippen LogP contribution is 2.57.